The van der Waals surface area contributed by atoms with Gasteiger partial charge in [-0.15, -0.1) is 0 Å². The lowest BCUT2D eigenvalue weighted by molar-refractivity contribution is -0.144. The number of fused-ring (bicyclic) bond motifs is 3. The van der Waals surface area contributed by atoms with E-state index in [4.69, 9.17) is 4.74 Å². The minimum atomic E-state index is -0.324. The van der Waals surface area contributed by atoms with E-state index in [0.29, 0.717) is 19.4 Å². The third kappa shape index (κ3) is 5.87. The van der Waals surface area contributed by atoms with Gasteiger partial charge in [0.1, 0.15) is 5.75 Å². The van der Waals surface area contributed by atoms with Crippen LogP contribution in [0.1, 0.15) is 55.8 Å². The predicted octanol–water partition coefficient (Wildman–Crippen LogP) is 6.11. The Labute approximate surface area is 265 Å². The maximum absolute atomic E-state index is 14.0. The van der Waals surface area contributed by atoms with Crippen LogP contribution in [0.5, 0.6) is 5.75 Å². The standard InChI is InChI=1S/C38H41N3O4/c1-25-21-30-36(38(44)41(37(30)43)29-16-19-40(20-17-29)23-26-9-3-2-4-10-26)31-24-45-34(35(25)31)15-14-27(32-12-7-8-18-39-32)22-28-11-5-6-13-33(28)42/h2-13,18,22,29-31,34,36,42H,14-17,19-21,23-24H2,1H3/b27-22-/t30-,31+,34-,36-/m1/s1. The molecule has 3 fully saturated rings. The number of imide groups is 1. The first kappa shape index (κ1) is 29.6. The number of para-hydroxylation sites is 1. The minimum Gasteiger partial charge on any atom is -0.507 e. The molecule has 7 nitrogen and oxygen atoms in total. The van der Waals surface area contributed by atoms with E-state index in [2.05, 4.69) is 41.1 Å². The average molecular weight is 604 g/mol. The number of likely N-dealkylation sites (tertiary alicyclic amines) is 2. The van der Waals surface area contributed by atoms with E-state index < -0.39 is 0 Å². The Kier molecular flexibility index (Phi) is 8.39. The number of rotatable bonds is 8. The fourth-order valence-corrected chi connectivity index (χ4v) is 8.10. The predicted molar refractivity (Wildman–Crippen MR) is 174 cm³/mol. The third-order valence-electron chi connectivity index (χ3n) is 10.3. The minimum absolute atomic E-state index is 0.0133. The van der Waals surface area contributed by atoms with E-state index in [9.17, 15) is 14.7 Å². The van der Waals surface area contributed by atoms with Gasteiger partial charge in [0.15, 0.2) is 0 Å². The van der Waals surface area contributed by atoms with Gasteiger partial charge in [0, 0.05) is 43.4 Å². The monoisotopic (exact) mass is 603 g/mol. The Hall–Kier alpha value is -4.07. The molecule has 3 aromatic rings. The summed E-state index contributed by atoms with van der Waals surface area (Å²) < 4.78 is 6.43. The summed E-state index contributed by atoms with van der Waals surface area (Å²) in [6.07, 6.45) is 7.40. The molecule has 7 heteroatoms. The number of carbonyl (C=O) groups excluding carboxylic acids is 2. The van der Waals surface area contributed by atoms with Gasteiger partial charge in [-0.1, -0.05) is 60.2 Å². The van der Waals surface area contributed by atoms with E-state index in [1.807, 2.05) is 48.5 Å². The van der Waals surface area contributed by atoms with Gasteiger partial charge in [-0.3, -0.25) is 24.4 Å². The second-order valence-corrected chi connectivity index (χ2v) is 13.0. The molecule has 4 heterocycles. The summed E-state index contributed by atoms with van der Waals surface area (Å²) in [7, 11) is 0. The number of carbonyl (C=O) groups is 2. The number of allylic oxidation sites excluding steroid dienone is 2. The molecule has 0 bridgehead atoms. The van der Waals surface area contributed by atoms with Crippen LogP contribution in [0.4, 0.5) is 0 Å². The van der Waals surface area contributed by atoms with Gasteiger partial charge < -0.3 is 9.84 Å². The van der Waals surface area contributed by atoms with Gasteiger partial charge in [0.2, 0.25) is 11.8 Å². The molecule has 3 saturated heterocycles. The molecule has 1 N–H and O–H groups in total. The molecule has 1 aliphatic carbocycles. The molecular formula is C38H41N3O4. The summed E-state index contributed by atoms with van der Waals surface area (Å²) in [5, 5.41) is 10.4. The second kappa shape index (κ2) is 12.7. The van der Waals surface area contributed by atoms with E-state index in [1.165, 1.54) is 16.7 Å². The molecule has 0 saturated carbocycles. The molecule has 4 atom stereocenters. The summed E-state index contributed by atoms with van der Waals surface area (Å²) in [4.78, 5) is 36.5. The summed E-state index contributed by atoms with van der Waals surface area (Å²) in [5.74, 6) is -0.378. The highest BCUT2D eigenvalue weighted by Crippen LogP contribution is 2.50. The zero-order valence-corrected chi connectivity index (χ0v) is 25.8. The Balaban J connectivity index is 1.04. The number of phenolic OH excluding ortho intramolecular Hbond substituents is 1. The number of benzene rings is 2. The smallest absolute Gasteiger partial charge is 0.234 e. The van der Waals surface area contributed by atoms with Crippen LogP contribution in [0.15, 0.2) is 90.1 Å². The lowest BCUT2D eigenvalue weighted by Crippen LogP contribution is -2.47. The maximum Gasteiger partial charge on any atom is 0.234 e. The molecule has 45 heavy (non-hydrogen) atoms. The van der Waals surface area contributed by atoms with Gasteiger partial charge in [0.25, 0.3) is 0 Å². The lowest BCUT2D eigenvalue weighted by Gasteiger charge is -2.36. The summed E-state index contributed by atoms with van der Waals surface area (Å²) >= 11 is 0. The SMILES string of the molecule is CC1=C2[C@@H](CC/C(=C/c3ccccc3O)c3ccccn3)OC[C@@H]2[C@@H]2C(=O)N(C3CCN(Cc4ccccc4)CC3)C(=O)[C@@H]2C1. The molecule has 0 unspecified atom stereocenters. The van der Waals surface area contributed by atoms with Crippen molar-refractivity contribution in [3.05, 3.63) is 107 Å². The third-order valence-corrected chi connectivity index (χ3v) is 10.3. The van der Waals surface area contributed by atoms with Crippen molar-refractivity contribution in [3.63, 3.8) is 0 Å². The Morgan fingerprint density at radius 3 is 2.47 bits per heavy atom. The zero-order valence-electron chi connectivity index (χ0n) is 25.8. The van der Waals surface area contributed by atoms with Crippen molar-refractivity contribution >= 4 is 23.5 Å². The van der Waals surface area contributed by atoms with Crippen LogP contribution < -0.4 is 0 Å². The molecule has 4 aliphatic rings. The van der Waals surface area contributed by atoms with Crippen molar-refractivity contribution in [2.75, 3.05) is 19.7 Å². The van der Waals surface area contributed by atoms with Crippen molar-refractivity contribution in [1.82, 2.24) is 14.8 Å². The second-order valence-electron chi connectivity index (χ2n) is 13.0. The molecule has 232 valence electrons. The van der Waals surface area contributed by atoms with Crippen molar-refractivity contribution in [2.45, 2.75) is 57.7 Å². The fraction of sp³-hybridized carbons (Fsp3) is 0.395. The highest BCUT2D eigenvalue weighted by Gasteiger charge is 2.57. The number of ether oxygens (including phenoxy) is 1. The lowest BCUT2D eigenvalue weighted by atomic mass is 9.70. The number of nitrogens with zero attached hydrogens (tertiary/aromatic N) is 3. The van der Waals surface area contributed by atoms with Crippen molar-refractivity contribution in [1.29, 1.82) is 0 Å². The molecule has 1 aromatic heterocycles. The molecule has 2 amide bonds. The number of pyridine rings is 1. The van der Waals surface area contributed by atoms with Crippen molar-refractivity contribution in [3.8, 4) is 5.75 Å². The highest BCUT2D eigenvalue weighted by atomic mass is 16.5. The average Bonchev–Trinajstić information content (AvgIpc) is 3.60. The van der Waals surface area contributed by atoms with Gasteiger partial charge in [-0.2, -0.15) is 0 Å². The molecule has 2 aromatic carbocycles. The maximum atomic E-state index is 14.0. The topological polar surface area (TPSA) is 83.0 Å². The molecule has 0 spiro atoms. The van der Waals surface area contributed by atoms with E-state index in [1.54, 1.807) is 17.2 Å². The van der Waals surface area contributed by atoms with Crippen LogP contribution in [0.2, 0.25) is 0 Å². The summed E-state index contributed by atoms with van der Waals surface area (Å²) in [5.41, 5.74) is 6.36. The van der Waals surface area contributed by atoms with Crippen molar-refractivity contribution in [2.24, 2.45) is 17.8 Å². The van der Waals surface area contributed by atoms with E-state index in [0.717, 1.165) is 55.7 Å². The Morgan fingerprint density at radius 2 is 1.71 bits per heavy atom. The summed E-state index contributed by atoms with van der Waals surface area (Å²) in [6, 6.07) is 23.6. The van der Waals surface area contributed by atoms with Crippen LogP contribution in [-0.2, 0) is 20.9 Å². The Morgan fingerprint density at radius 1 is 0.956 bits per heavy atom. The van der Waals surface area contributed by atoms with E-state index in [-0.39, 0.29) is 47.5 Å². The van der Waals surface area contributed by atoms with Crippen molar-refractivity contribution < 1.29 is 19.4 Å². The molecular weight excluding hydrogens is 562 g/mol. The number of phenols is 1. The number of aromatic nitrogens is 1. The number of aromatic hydroxyl groups is 1. The molecule has 7 rings (SSSR count). The van der Waals surface area contributed by atoms with Crippen LogP contribution in [-0.4, -0.2) is 63.5 Å². The molecule has 0 radical (unpaired) electrons. The normalized spacial score (nSPS) is 26.0. The van der Waals surface area contributed by atoms with Gasteiger partial charge in [-0.25, -0.2) is 0 Å². The first-order valence-corrected chi connectivity index (χ1v) is 16.3. The van der Waals surface area contributed by atoms with Crippen LogP contribution >= 0.6 is 0 Å². The van der Waals surface area contributed by atoms with Crippen LogP contribution in [0.25, 0.3) is 11.6 Å². The molecule has 3 aliphatic heterocycles. The number of amides is 2. The van der Waals surface area contributed by atoms with Crippen LogP contribution in [0, 0.1) is 17.8 Å². The fourth-order valence-electron chi connectivity index (χ4n) is 8.10. The number of hydrogen-bond acceptors (Lipinski definition) is 6. The first-order valence-electron chi connectivity index (χ1n) is 16.3. The first-order chi connectivity index (χ1) is 22.0. The van der Waals surface area contributed by atoms with Gasteiger partial charge >= 0.3 is 0 Å². The Bertz CT molecular complexity index is 1610. The zero-order chi connectivity index (χ0) is 30.9. The van der Waals surface area contributed by atoms with Gasteiger partial charge in [-0.05, 0) is 80.0 Å². The van der Waals surface area contributed by atoms with Crippen LogP contribution in [0.3, 0.4) is 0 Å². The number of hydrogen-bond donors (Lipinski definition) is 1. The quantitative estimate of drug-likeness (QED) is 0.247. The van der Waals surface area contributed by atoms with E-state index >= 15 is 0 Å². The number of piperidine rings is 1. The van der Waals surface area contributed by atoms with Gasteiger partial charge in [0.05, 0.1) is 30.2 Å². The largest absolute Gasteiger partial charge is 0.507 e. The summed E-state index contributed by atoms with van der Waals surface area (Å²) in [6.45, 7) is 5.27. The highest BCUT2D eigenvalue weighted by molar-refractivity contribution is 6.06.